The Morgan fingerprint density at radius 1 is 1.62 bits per heavy atom. The van der Waals surface area contributed by atoms with Crippen LogP contribution in [0.3, 0.4) is 0 Å². The Kier molecular flexibility index (Phi) is 3.38. The molecule has 0 bridgehead atoms. The zero-order valence-electron chi connectivity index (χ0n) is 8.00. The van der Waals surface area contributed by atoms with Gasteiger partial charge in [0, 0.05) is 11.3 Å². The molecule has 0 aliphatic carbocycles. The first-order chi connectivity index (χ1) is 6.15. The van der Waals surface area contributed by atoms with Crippen LogP contribution in [0.15, 0.2) is 4.52 Å². The van der Waals surface area contributed by atoms with Crippen LogP contribution in [0.1, 0.15) is 23.9 Å². The van der Waals surface area contributed by atoms with Crippen LogP contribution in [-0.2, 0) is 5.75 Å². The third-order valence-corrected chi connectivity index (χ3v) is 2.90. The molecule has 1 aromatic rings. The minimum absolute atomic E-state index is 0.0219. The third-order valence-electron chi connectivity index (χ3n) is 1.84. The molecule has 1 rings (SSSR count). The summed E-state index contributed by atoms with van der Waals surface area (Å²) in [5, 5.41) is 12.5. The highest BCUT2D eigenvalue weighted by Crippen LogP contribution is 2.22. The lowest BCUT2D eigenvalue weighted by atomic mass is 10.2. The second-order valence-electron chi connectivity index (χ2n) is 2.89. The van der Waals surface area contributed by atoms with Gasteiger partial charge in [0.05, 0.1) is 17.0 Å². The van der Waals surface area contributed by atoms with Gasteiger partial charge in [-0.15, -0.1) is 11.8 Å². The smallest absolute Gasteiger partial charge is 0.137 e. The second-order valence-corrected chi connectivity index (χ2v) is 4.21. The fourth-order valence-electron chi connectivity index (χ4n) is 0.954. The van der Waals surface area contributed by atoms with E-state index in [9.17, 15) is 0 Å². The lowest BCUT2D eigenvalue weighted by molar-refractivity contribution is 0.392. The average molecular weight is 196 g/mol. The van der Waals surface area contributed by atoms with Crippen molar-refractivity contribution in [1.29, 1.82) is 5.26 Å². The van der Waals surface area contributed by atoms with Crippen LogP contribution in [0.4, 0.5) is 0 Å². The Morgan fingerprint density at radius 2 is 2.31 bits per heavy atom. The van der Waals surface area contributed by atoms with Gasteiger partial charge in [-0.2, -0.15) is 5.26 Å². The van der Waals surface area contributed by atoms with Crippen molar-refractivity contribution in [3.05, 3.63) is 17.0 Å². The second kappa shape index (κ2) is 4.33. The van der Waals surface area contributed by atoms with E-state index in [4.69, 9.17) is 9.78 Å². The van der Waals surface area contributed by atoms with Gasteiger partial charge < -0.3 is 4.52 Å². The van der Waals surface area contributed by atoms with Gasteiger partial charge in [0.25, 0.3) is 0 Å². The summed E-state index contributed by atoms with van der Waals surface area (Å²) in [4.78, 5) is 0. The van der Waals surface area contributed by atoms with Crippen LogP contribution in [0.5, 0.6) is 0 Å². The molecule has 1 atom stereocenters. The minimum Gasteiger partial charge on any atom is -0.361 e. The summed E-state index contributed by atoms with van der Waals surface area (Å²) in [7, 11) is 0. The molecule has 0 aliphatic rings. The normalized spacial score (nSPS) is 12.5. The first-order valence-electron chi connectivity index (χ1n) is 4.08. The summed E-state index contributed by atoms with van der Waals surface area (Å²) in [6, 6.07) is 2.18. The first-order valence-corrected chi connectivity index (χ1v) is 5.13. The van der Waals surface area contributed by atoms with E-state index in [2.05, 4.69) is 11.2 Å². The van der Waals surface area contributed by atoms with Crippen LogP contribution in [0.25, 0.3) is 0 Å². The van der Waals surface area contributed by atoms with E-state index in [1.54, 1.807) is 11.8 Å². The third kappa shape index (κ3) is 2.49. The minimum atomic E-state index is 0.0219. The van der Waals surface area contributed by atoms with Crippen LogP contribution in [-0.4, -0.2) is 10.4 Å². The molecular weight excluding hydrogens is 184 g/mol. The van der Waals surface area contributed by atoms with E-state index < -0.39 is 0 Å². The zero-order chi connectivity index (χ0) is 9.84. The summed E-state index contributed by atoms with van der Waals surface area (Å²) >= 11 is 1.60. The Morgan fingerprint density at radius 3 is 2.77 bits per heavy atom. The highest BCUT2D eigenvalue weighted by Gasteiger charge is 2.10. The van der Waals surface area contributed by atoms with Crippen molar-refractivity contribution in [2.45, 2.75) is 31.8 Å². The van der Waals surface area contributed by atoms with E-state index >= 15 is 0 Å². The van der Waals surface area contributed by atoms with Gasteiger partial charge in [0.15, 0.2) is 0 Å². The number of hydrogen-bond acceptors (Lipinski definition) is 4. The fraction of sp³-hybridized carbons (Fsp3) is 0.556. The summed E-state index contributed by atoms with van der Waals surface area (Å²) in [5.41, 5.74) is 2.04. The van der Waals surface area contributed by atoms with Crippen LogP contribution < -0.4 is 0 Å². The van der Waals surface area contributed by atoms with Gasteiger partial charge in [-0.25, -0.2) is 0 Å². The molecule has 0 saturated carbocycles. The maximum absolute atomic E-state index is 8.59. The molecule has 1 heterocycles. The van der Waals surface area contributed by atoms with Crippen molar-refractivity contribution in [2.24, 2.45) is 0 Å². The predicted molar refractivity (Wildman–Crippen MR) is 52.3 cm³/mol. The number of nitriles is 1. The number of aromatic nitrogens is 1. The molecule has 0 saturated heterocycles. The molecule has 0 fully saturated rings. The molecule has 3 nitrogen and oxygen atoms in total. The predicted octanol–water partition coefficient (Wildman–Crippen LogP) is 2.44. The molecule has 0 spiro atoms. The highest BCUT2D eigenvalue weighted by atomic mass is 32.2. The van der Waals surface area contributed by atoms with Crippen molar-refractivity contribution in [2.75, 3.05) is 0 Å². The number of thioether (sulfide) groups is 1. The zero-order valence-corrected chi connectivity index (χ0v) is 8.81. The van der Waals surface area contributed by atoms with Crippen LogP contribution in [0.2, 0.25) is 0 Å². The maximum Gasteiger partial charge on any atom is 0.137 e. The van der Waals surface area contributed by atoms with E-state index in [0.717, 1.165) is 22.8 Å². The van der Waals surface area contributed by atoms with Crippen molar-refractivity contribution in [3.8, 4) is 6.07 Å². The Labute approximate surface area is 82.1 Å². The Hall–Kier alpha value is -0.950. The molecule has 0 N–H and O–H groups in total. The molecule has 0 aliphatic heterocycles. The van der Waals surface area contributed by atoms with Gasteiger partial charge in [-0.1, -0.05) is 5.16 Å². The van der Waals surface area contributed by atoms with E-state index in [1.807, 2.05) is 20.8 Å². The topological polar surface area (TPSA) is 49.8 Å². The summed E-state index contributed by atoms with van der Waals surface area (Å²) in [5.74, 6) is 1.66. The van der Waals surface area contributed by atoms with Crippen molar-refractivity contribution >= 4 is 11.8 Å². The van der Waals surface area contributed by atoms with Crippen molar-refractivity contribution in [1.82, 2.24) is 5.16 Å². The standard InChI is InChI=1S/C9H12N2OS/c1-6(4-10)13-5-9-7(2)11-12-8(9)3/h6H,5H2,1-3H3. The van der Waals surface area contributed by atoms with Gasteiger partial charge in [0.2, 0.25) is 0 Å². The average Bonchev–Trinajstić information content (AvgIpc) is 2.43. The van der Waals surface area contributed by atoms with E-state index in [-0.39, 0.29) is 5.25 Å². The highest BCUT2D eigenvalue weighted by molar-refractivity contribution is 7.99. The lowest BCUT2D eigenvalue weighted by Crippen LogP contribution is -1.93. The number of aryl methyl sites for hydroxylation is 2. The number of rotatable bonds is 3. The Bertz CT molecular complexity index is 307. The number of nitrogens with zero attached hydrogens (tertiary/aromatic N) is 2. The molecule has 13 heavy (non-hydrogen) atoms. The molecule has 1 unspecified atom stereocenters. The van der Waals surface area contributed by atoms with Crippen LogP contribution in [0, 0.1) is 25.2 Å². The Balaban J connectivity index is 2.60. The van der Waals surface area contributed by atoms with Gasteiger partial charge >= 0.3 is 0 Å². The molecule has 70 valence electrons. The monoisotopic (exact) mass is 196 g/mol. The molecule has 0 aromatic carbocycles. The molecular formula is C9H12N2OS. The molecule has 0 radical (unpaired) electrons. The van der Waals surface area contributed by atoms with Crippen molar-refractivity contribution in [3.63, 3.8) is 0 Å². The van der Waals surface area contributed by atoms with Gasteiger partial charge in [-0.05, 0) is 20.8 Å². The maximum atomic E-state index is 8.59. The fourth-order valence-corrected chi connectivity index (χ4v) is 1.86. The van der Waals surface area contributed by atoms with Gasteiger partial charge in [0.1, 0.15) is 5.76 Å². The lowest BCUT2D eigenvalue weighted by Gasteiger charge is -2.01. The molecule has 4 heteroatoms. The SMILES string of the molecule is Cc1noc(C)c1CSC(C)C#N. The summed E-state index contributed by atoms with van der Waals surface area (Å²) in [6.45, 7) is 5.71. The summed E-state index contributed by atoms with van der Waals surface area (Å²) < 4.78 is 5.01. The first kappa shape index (κ1) is 10.1. The van der Waals surface area contributed by atoms with Crippen LogP contribution >= 0.6 is 11.8 Å². The summed E-state index contributed by atoms with van der Waals surface area (Å²) in [6.07, 6.45) is 0. The van der Waals surface area contributed by atoms with E-state index in [1.165, 1.54) is 0 Å². The molecule has 1 aromatic heterocycles. The number of hydrogen-bond donors (Lipinski definition) is 0. The molecule has 0 amide bonds. The van der Waals surface area contributed by atoms with Gasteiger partial charge in [-0.3, -0.25) is 0 Å². The van der Waals surface area contributed by atoms with E-state index in [0.29, 0.717) is 0 Å². The quantitative estimate of drug-likeness (QED) is 0.745. The largest absolute Gasteiger partial charge is 0.361 e. The van der Waals surface area contributed by atoms with Crippen molar-refractivity contribution < 1.29 is 4.52 Å².